The zero-order valence-corrected chi connectivity index (χ0v) is 14.4. The number of amides is 1. The summed E-state index contributed by atoms with van der Waals surface area (Å²) < 4.78 is 12.3. The number of rotatable bonds is 5. The van der Waals surface area contributed by atoms with Crippen molar-refractivity contribution in [3.05, 3.63) is 41.7 Å². The number of carbonyl (C=O) groups is 1. The molecule has 1 aromatic heterocycles. The van der Waals surface area contributed by atoms with Gasteiger partial charge < -0.3 is 14.8 Å². The highest BCUT2D eigenvalue weighted by Crippen LogP contribution is 2.23. The molecule has 2 atom stereocenters. The van der Waals surface area contributed by atoms with Crippen LogP contribution in [-0.4, -0.2) is 42.1 Å². The lowest BCUT2D eigenvalue weighted by atomic mass is 10.00. The van der Waals surface area contributed by atoms with Crippen molar-refractivity contribution in [1.29, 1.82) is 0 Å². The third kappa shape index (κ3) is 3.67. The number of methoxy groups -OCH3 is 1. The van der Waals surface area contributed by atoms with E-state index in [4.69, 9.17) is 15.9 Å². The Kier molecular flexibility index (Phi) is 5.05. The van der Waals surface area contributed by atoms with Crippen LogP contribution in [0.3, 0.4) is 0 Å². The molecule has 1 aliphatic rings. The molecular formula is C19H21N3O3. The lowest BCUT2D eigenvalue weighted by Gasteiger charge is -2.17. The van der Waals surface area contributed by atoms with Crippen LogP contribution in [0.1, 0.15) is 22.5 Å². The molecular weight excluding hydrogens is 318 g/mol. The molecule has 0 bridgehead atoms. The molecule has 1 N–H and O–H groups in total. The Balaban J connectivity index is 1.78. The van der Waals surface area contributed by atoms with Gasteiger partial charge >= 0.3 is 0 Å². The van der Waals surface area contributed by atoms with Gasteiger partial charge in [0.15, 0.2) is 5.69 Å². The maximum atomic E-state index is 12.5. The van der Waals surface area contributed by atoms with Gasteiger partial charge in [-0.2, -0.15) is 5.10 Å². The predicted molar refractivity (Wildman–Crippen MR) is 93.9 cm³/mol. The number of terminal acetylenes is 1. The number of ether oxygens (including phenoxy) is 2. The van der Waals surface area contributed by atoms with E-state index in [1.807, 2.05) is 25.1 Å². The number of aryl methyl sites for hydroxylation is 1. The molecule has 130 valence electrons. The molecule has 2 aromatic rings. The second kappa shape index (κ2) is 7.41. The summed E-state index contributed by atoms with van der Waals surface area (Å²) in [7, 11) is 1.60. The van der Waals surface area contributed by atoms with Crippen LogP contribution in [0.15, 0.2) is 30.5 Å². The summed E-state index contributed by atoms with van der Waals surface area (Å²) in [5.41, 5.74) is 2.16. The fraction of sp³-hybridized carbons (Fsp3) is 0.368. The fourth-order valence-corrected chi connectivity index (χ4v) is 2.88. The number of hydrogen-bond donors (Lipinski definition) is 1. The molecule has 1 fully saturated rings. The Hall–Kier alpha value is -2.78. The van der Waals surface area contributed by atoms with Gasteiger partial charge in [0.05, 0.1) is 19.8 Å². The smallest absolute Gasteiger partial charge is 0.272 e. The van der Waals surface area contributed by atoms with Crippen LogP contribution < -0.4 is 10.1 Å². The minimum Gasteiger partial charge on any atom is -0.494 e. The van der Waals surface area contributed by atoms with Crippen molar-refractivity contribution >= 4 is 5.91 Å². The number of nitrogens with one attached hydrogen (secondary N) is 1. The summed E-state index contributed by atoms with van der Waals surface area (Å²) in [6.45, 7) is 3.24. The first kappa shape index (κ1) is 17.1. The molecule has 0 aliphatic carbocycles. The number of aromatic nitrogens is 2. The molecule has 0 unspecified atom stereocenters. The molecule has 1 aromatic carbocycles. The SMILES string of the molecule is C#C[C@@H](NC(=O)c1ccn(-c2cc(C)ccc2OC)n1)[C@H]1CCOC1. The van der Waals surface area contributed by atoms with E-state index in [9.17, 15) is 4.79 Å². The van der Waals surface area contributed by atoms with Gasteiger partial charge in [-0.25, -0.2) is 4.68 Å². The van der Waals surface area contributed by atoms with Gasteiger partial charge in [0, 0.05) is 18.7 Å². The minimum atomic E-state index is -0.353. The Morgan fingerprint density at radius 3 is 3.04 bits per heavy atom. The van der Waals surface area contributed by atoms with Gasteiger partial charge in [-0.15, -0.1) is 6.42 Å². The van der Waals surface area contributed by atoms with Gasteiger partial charge in [0.2, 0.25) is 0 Å². The second-order valence-electron chi connectivity index (χ2n) is 6.06. The lowest BCUT2D eigenvalue weighted by molar-refractivity contribution is 0.0926. The molecule has 2 heterocycles. The van der Waals surface area contributed by atoms with Crippen LogP contribution >= 0.6 is 0 Å². The first-order valence-electron chi connectivity index (χ1n) is 8.18. The first-order chi connectivity index (χ1) is 12.1. The third-order valence-electron chi connectivity index (χ3n) is 4.31. The van der Waals surface area contributed by atoms with Gasteiger partial charge in [-0.1, -0.05) is 12.0 Å². The average Bonchev–Trinajstić information content (AvgIpc) is 3.31. The zero-order valence-electron chi connectivity index (χ0n) is 14.4. The van der Waals surface area contributed by atoms with E-state index in [1.165, 1.54) is 0 Å². The van der Waals surface area contributed by atoms with Crippen molar-refractivity contribution in [2.24, 2.45) is 5.92 Å². The summed E-state index contributed by atoms with van der Waals surface area (Å²) >= 11 is 0. The van der Waals surface area contributed by atoms with Crippen molar-refractivity contribution < 1.29 is 14.3 Å². The van der Waals surface area contributed by atoms with Crippen LogP contribution in [0, 0.1) is 25.2 Å². The largest absolute Gasteiger partial charge is 0.494 e. The topological polar surface area (TPSA) is 65.4 Å². The maximum Gasteiger partial charge on any atom is 0.272 e. The van der Waals surface area contributed by atoms with Gasteiger partial charge in [-0.3, -0.25) is 4.79 Å². The number of hydrogen-bond acceptors (Lipinski definition) is 4. The number of carbonyl (C=O) groups excluding carboxylic acids is 1. The molecule has 3 rings (SSSR count). The maximum absolute atomic E-state index is 12.5. The van der Waals surface area contributed by atoms with E-state index in [2.05, 4.69) is 16.3 Å². The fourth-order valence-electron chi connectivity index (χ4n) is 2.88. The third-order valence-corrected chi connectivity index (χ3v) is 4.31. The molecule has 0 spiro atoms. The minimum absolute atomic E-state index is 0.146. The van der Waals surface area contributed by atoms with Crippen molar-refractivity contribution in [3.8, 4) is 23.8 Å². The summed E-state index contributed by atoms with van der Waals surface area (Å²) in [6.07, 6.45) is 8.15. The van der Waals surface area contributed by atoms with Crippen LogP contribution in [0.25, 0.3) is 5.69 Å². The van der Waals surface area contributed by atoms with Gasteiger partial charge in [0.25, 0.3) is 5.91 Å². The Morgan fingerprint density at radius 2 is 2.36 bits per heavy atom. The molecule has 1 aliphatic heterocycles. The summed E-state index contributed by atoms with van der Waals surface area (Å²) in [5.74, 6) is 3.18. The predicted octanol–water partition coefficient (Wildman–Crippen LogP) is 1.96. The summed E-state index contributed by atoms with van der Waals surface area (Å²) in [4.78, 5) is 12.5. The zero-order chi connectivity index (χ0) is 17.8. The highest BCUT2D eigenvalue weighted by atomic mass is 16.5. The standard InChI is InChI=1S/C19H21N3O3/c1-4-15(14-8-10-25-12-14)20-19(23)16-7-9-22(21-16)17-11-13(2)5-6-18(17)24-3/h1,5-7,9,11,14-15H,8,10,12H2,2-3H3,(H,20,23)/t14-,15+/m0/s1. The molecule has 6 nitrogen and oxygen atoms in total. The Morgan fingerprint density at radius 1 is 1.52 bits per heavy atom. The Bertz CT molecular complexity index is 800. The quantitative estimate of drug-likeness (QED) is 0.846. The van der Waals surface area contributed by atoms with E-state index < -0.39 is 0 Å². The van der Waals surface area contributed by atoms with E-state index in [0.29, 0.717) is 24.7 Å². The summed E-state index contributed by atoms with van der Waals surface area (Å²) in [6, 6.07) is 7.10. The molecule has 0 radical (unpaired) electrons. The van der Waals surface area contributed by atoms with Crippen molar-refractivity contribution in [3.63, 3.8) is 0 Å². The highest BCUT2D eigenvalue weighted by molar-refractivity contribution is 5.92. The van der Waals surface area contributed by atoms with Crippen molar-refractivity contribution in [2.75, 3.05) is 20.3 Å². The average molecular weight is 339 g/mol. The monoisotopic (exact) mass is 339 g/mol. The number of benzene rings is 1. The van der Waals surface area contributed by atoms with E-state index in [1.54, 1.807) is 24.1 Å². The highest BCUT2D eigenvalue weighted by Gasteiger charge is 2.26. The van der Waals surface area contributed by atoms with Crippen LogP contribution in [0.4, 0.5) is 0 Å². The molecule has 6 heteroatoms. The van der Waals surface area contributed by atoms with Crippen LogP contribution in [0.5, 0.6) is 5.75 Å². The molecule has 25 heavy (non-hydrogen) atoms. The first-order valence-corrected chi connectivity index (χ1v) is 8.18. The van der Waals surface area contributed by atoms with Gasteiger partial charge in [-0.05, 0) is 37.1 Å². The van der Waals surface area contributed by atoms with E-state index >= 15 is 0 Å². The Labute approximate surface area is 147 Å². The van der Waals surface area contributed by atoms with Crippen LogP contribution in [0.2, 0.25) is 0 Å². The summed E-state index contributed by atoms with van der Waals surface area (Å²) in [5, 5.41) is 7.24. The van der Waals surface area contributed by atoms with E-state index in [0.717, 1.165) is 17.7 Å². The van der Waals surface area contributed by atoms with Crippen LogP contribution in [-0.2, 0) is 4.74 Å². The van der Waals surface area contributed by atoms with Crippen molar-refractivity contribution in [1.82, 2.24) is 15.1 Å². The molecule has 1 amide bonds. The number of nitrogens with zero attached hydrogens (tertiary/aromatic N) is 2. The normalized spacial score (nSPS) is 17.7. The van der Waals surface area contributed by atoms with Gasteiger partial charge in [0.1, 0.15) is 11.4 Å². The molecule has 0 saturated carbocycles. The second-order valence-corrected chi connectivity index (χ2v) is 6.06. The lowest BCUT2D eigenvalue weighted by Crippen LogP contribution is -2.39. The van der Waals surface area contributed by atoms with E-state index in [-0.39, 0.29) is 17.9 Å². The van der Waals surface area contributed by atoms with Crippen molar-refractivity contribution in [2.45, 2.75) is 19.4 Å². The molecule has 1 saturated heterocycles.